The minimum Gasteiger partial charge on any atom is -0.460 e. The van der Waals surface area contributed by atoms with Gasteiger partial charge in [-0.15, -0.1) is 0 Å². The van der Waals surface area contributed by atoms with E-state index in [2.05, 4.69) is 16.7 Å². The summed E-state index contributed by atoms with van der Waals surface area (Å²) in [5.41, 5.74) is 3.06. The molecular weight excluding hydrogens is 1140 g/mol. The second-order valence-electron chi connectivity index (χ2n) is 26.2. The molecule has 1 saturated carbocycles. The lowest BCUT2D eigenvalue weighted by Gasteiger charge is -2.42. The summed E-state index contributed by atoms with van der Waals surface area (Å²) < 4.78 is 42.1. The van der Waals surface area contributed by atoms with Gasteiger partial charge in [-0.3, -0.25) is 24.1 Å². The maximum atomic E-state index is 14.8. The smallest absolute Gasteiger partial charge is 0.410 e. The van der Waals surface area contributed by atoms with E-state index in [-0.39, 0.29) is 42.8 Å². The zero-order valence-electron chi connectivity index (χ0n) is 55.0. The molecule has 15 atom stereocenters. The molecule has 1 aromatic rings. The molecule has 1 aliphatic carbocycles. The van der Waals surface area contributed by atoms with Crippen LogP contribution in [0, 0.1) is 35.5 Å². The number of aromatic nitrogens is 2. The number of anilines is 1. The molecule has 7 rings (SSSR count). The second kappa shape index (κ2) is 33.9. The highest BCUT2D eigenvalue weighted by atomic mass is 16.6. The van der Waals surface area contributed by atoms with Crippen molar-refractivity contribution in [3.63, 3.8) is 0 Å². The normalized spacial score (nSPS) is 34.7. The Balaban J connectivity index is 1.05. The fourth-order valence-corrected chi connectivity index (χ4v) is 13.7. The summed E-state index contributed by atoms with van der Waals surface area (Å²) in [7, 11) is 4.56. The molecule has 496 valence electrons. The molecule has 6 aliphatic rings. The van der Waals surface area contributed by atoms with E-state index in [0.29, 0.717) is 95.2 Å². The number of carbonyl (C=O) groups is 6. The Morgan fingerprint density at radius 2 is 1.61 bits per heavy atom. The van der Waals surface area contributed by atoms with Crippen LogP contribution >= 0.6 is 0 Å². The first-order valence-electron chi connectivity index (χ1n) is 32.9. The van der Waals surface area contributed by atoms with Crippen LogP contribution in [-0.4, -0.2) is 205 Å². The van der Waals surface area contributed by atoms with E-state index < -0.39 is 102 Å². The molecule has 0 radical (unpaired) electrons. The van der Waals surface area contributed by atoms with Crippen LogP contribution < -0.4 is 4.90 Å². The maximum Gasteiger partial charge on any atom is 0.410 e. The molecule has 2 N–H and O–H groups in total. The number of allylic oxidation sites excluding steroid dienone is 6. The number of nitrogens with zero attached hydrogens (tertiary/aromatic N) is 6. The predicted molar refractivity (Wildman–Crippen MR) is 335 cm³/mol. The van der Waals surface area contributed by atoms with Crippen molar-refractivity contribution in [3.8, 4) is 0 Å². The fourth-order valence-electron chi connectivity index (χ4n) is 13.7. The number of aliphatic hydroxyl groups is 2. The number of ketones is 3. The zero-order valence-corrected chi connectivity index (χ0v) is 55.0. The first kappa shape index (κ1) is 71.2. The molecule has 5 aliphatic heterocycles. The summed E-state index contributed by atoms with van der Waals surface area (Å²) >= 11 is 0. The van der Waals surface area contributed by atoms with Crippen molar-refractivity contribution in [2.45, 2.75) is 206 Å². The van der Waals surface area contributed by atoms with Crippen LogP contribution in [-0.2, 0) is 70.1 Å². The van der Waals surface area contributed by atoms with E-state index in [1.165, 1.54) is 12.0 Å². The molecule has 0 spiro atoms. The van der Waals surface area contributed by atoms with Gasteiger partial charge in [0.2, 0.25) is 11.7 Å². The minimum atomic E-state index is -2.46. The first-order chi connectivity index (χ1) is 42.6. The van der Waals surface area contributed by atoms with Gasteiger partial charge in [-0.05, 0) is 113 Å². The van der Waals surface area contributed by atoms with E-state index in [1.54, 1.807) is 46.0 Å². The van der Waals surface area contributed by atoms with Crippen molar-refractivity contribution in [1.82, 2.24) is 24.7 Å². The monoisotopic (exact) mass is 1240 g/mol. The average Bonchev–Trinajstić information content (AvgIpc) is 1.09. The number of aliphatic hydroxyl groups excluding tert-OH is 1. The largest absolute Gasteiger partial charge is 0.460 e. The highest BCUT2D eigenvalue weighted by molar-refractivity contribution is 6.39. The summed E-state index contributed by atoms with van der Waals surface area (Å²) in [6.07, 6.45) is 13.5. The standard InChI is InChI=1S/C68H104N6O15/c1-12-33-86-34-32-71-28-30-72(31-29-71)66-69-41-51-42-73(27-25-53(51)70-66)67(81)88-56-24-22-50(38-59(56)84-10)37-46(5)58-40-55(75)45(4)36-48(7)61(77)62(85-11)60(76)47(6)35-43(2)18-14-13-15-19-44(3)57(83-9)39-52-23-21-49(8)68(82,89-52)63(78)64(79)74-26-17-16-20-54(74)65(80)87-58/h13-15,18-19,36,41,43,45-47,49-50,52,54,56-59,61-62,77,82H,12,16-17,20-35,37-40,42H2,1-11H3/b15-13+,18-14+,44-19+,48-36+/t43-,45-,46-,47-,49-,50+,52+,54+,56-,57+,58+,59-,61-,62+,68-/m1/s1. The second-order valence-corrected chi connectivity index (χ2v) is 26.2. The highest BCUT2D eigenvalue weighted by Crippen LogP contribution is 2.39. The lowest BCUT2D eigenvalue weighted by atomic mass is 9.78. The van der Waals surface area contributed by atoms with Crippen molar-refractivity contribution in [2.75, 3.05) is 85.3 Å². The van der Waals surface area contributed by atoms with E-state index >= 15 is 0 Å². The van der Waals surface area contributed by atoms with Crippen LogP contribution in [0.2, 0.25) is 0 Å². The summed E-state index contributed by atoms with van der Waals surface area (Å²) in [6.45, 7) is 21.5. The van der Waals surface area contributed by atoms with Gasteiger partial charge in [0.25, 0.3) is 11.7 Å². The molecule has 2 amide bonds. The molecule has 6 heterocycles. The van der Waals surface area contributed by atoms with Crippen molar-refractivity contribution < 1.29 is 72.1 Å². The van der Waals surface area contributed by atoms with E-state index in [1.807, 2.05) is 64.3 Å². The van der Waals surface area contributed by atoms with Crippen molar-refractivity contribution in [1.29, 1.82) is 0 Å². The summed E-state index contributed by atoms with van der Waals surface area (Å²) in [6, 6.07) is -1.19. The van der Waals surface area contributed by atoms with Crippen LogP contribution in [0.1, 0.15) is 150 Å². The van der Waals surface area contributed by atoms with Crippen molar-refractivity contribution in [3.05, 3.63) is 65.1 Å². The van der Waals surface area contributed by atoms with Gasteiger partial charge in [0.15, 0.2) is 5.78 Å². The Hall–Kier alpha value is -5.26. The number of ether oxygens (including phenoxy) is 7. The molecule has 4 fully saturated rings. The van der Waals surface area contributed by atoms with Crippen LogP contribution in [0.25, 0.3) is 0 Å². The summed E-state index contributed by atoms with van der Waals surface area (Å²) in [5, 5.41) is 23.8. The number of hydrogen-bond donors (Lipinski definition) is 2. The lowest BCUT2D eigenvalue weighted by molar-refractivity contribution is -0.265. The molecule has 0 aromatic carbocycles. The Morgan fingerprint density at radius 1 is 0.843 bits per heavy atom. The number of fused-ring (bicyclic) bond motifs is 4. The zero-order chi connectivity index (χ0) is 64.5. The van der Waals surface area contributed by atoms with Gasteiger partial charge in [0.1, 0.15) is 36.2 Å². The number of piperazine rings is 1. The van der Waals surface area contributed by atoms with Crippen LogP contribution in [0.4, 0.5) is 10.7 Å². The van der Waals surface area contributed by atoms with Gasteiger partial charge in [-0.2, -0.15) is 0 Å². The number of carbonyl (C=O) groups excluding carboxylic acids is 6. The summed E-state index contributed by atoms with van der Waals surface area (Å²) in [5.74, 6) is -7.71. The Bertz CT molecular complexity index is 2680. The van der Waals surface area contributed by atoms with Gasteiger partial charge in [0, 0.05) is 123 Å². The van der Waals surface area contributed by atoms with Gasteiger partial charge < -0.3 is 58.1 Å². The minimum absolute atomic E-state index is 0.00375. The molecule has 0 unspecified atom stereocenters. The SMILES string of the molecule is CCCOCCN1CCN(c2ncc3c(n2)CCN(C(=O)O[C@@H]2CC[C@@H](C[C@@H](C)[C@@H]4CC(=O)[C@H](C)/C=C(\C)[C@@H](O)[C@@H](OC)C(=O)[C@H](C)C[C@H](C)/C=C/C=C/C=C(\C)[C@@H](OC)C[C@@H]5CC[C@@H](C)[C@@](O)(O5)C(=O)C(=O)N5CCCC[C@H]5C(=O)O4)C[C@H]2OC)C3)CC1. The predicted octanol–water partition coefficient (Wildman–Crippen LogP) is 7.72. The van der Waals surface area contributed by atoms with Crippen LogP contribution in [0.5, 0.6) is 0 Å². The molecule has 3 saturated heterocycles. The third-order valence-corrected chi connectivity index (χ3v) is 19.4. The number of Topliss-reactive ketones (excluding diaryl/α,β-unsaturated/α-hetero) is 3. The van der Waals surface area contributed by atoms with Crippen LogP contribution in [0.15, 0.2) is 53.8 Å². The number of piperidine rings is 1. The third-order valence-electron chi connectivity index (χ3n) is 19.4. The lowest BCUT2D eigenvalue weighted by Crippen LogP contribution is -2.61. The molecule has 1 aromatic heterocycles. The van der Waals surface area contributed by atoms with E-state index in [0.717, 1.165) is 69.2 Å². The van der Waals surface area contributed by atoms with Crippen molar-refractivity contribution >= 4 is 41.3 Å². The first-order valence-corrected chi connectivity index (χ1v) is 32.9. The number of rotatable bonds is 13. The van der Waals surface area contributed by atoms with E-state index in [9.17, 15) is 39.0 Å². The molecular formula is C68H104N6O15. The molecule has 21 nitrogen and oxygen atoms in total. The number of methoxy groups -OCH3 is 3. The summed E-state index contributed by atoms with van der Waals surface area (Å²) in [4.78, 5) is 103. The van der Waals surface area contributed by atoms with Gasteiger partial charge in [-0.25, -0.2) is 19.6 Å². The molecule has 89 heavy (non-hydrogen) atoms. The van der Waals surface area contributed by atoms with E-state index in [4.69, 9.17) is 43.1 Å². The maximum absolute atomic E-state index is 14.8. The number of esters is 1. The van der Waals surface area contributed by atoms with Crippen LogP contribution in [0.3, 0.4) is 0 Å². The van der Waals surface area contributed by atoms with Crippen molar-refractivity contribution in [2.24, 2.45) is 35.5 Å². The third kappa shape index (κ3) is 18.9. The average molecular weight is 1250 g/mol. The Kier molecular flexibility index (Phi) is 27.1. The quantitative estimate of drug-likeness (QED) is 0.0830. The van der Waals surface area contributed by atoms with Gasteiger partial charge >= 0.3 is 12.1 Å². The number of hydrogen-bond acceptors (Lipinski definition) is 19. The fraction of sp³-hybridized carbons (Fsp3) is 0.735. The van der Waals surface area contributed by atoms with Gasteiger partial charge in [0.05, 0.1) is 37.2 Å². The topological polar surface area (TPSA) is 246 Å². The number of cyclic esters (lactones) is 1. The Labute approximate surface area is 528 Å². The number of amides is 2. The Morgan fingerprint density at radius 3 is 2.33 bits per heavy atom. The molecule has 21 heteroatoms. The highest BCUT2D eigenvalue weighted by Gasteiger charge is 2.53. The van der Waals surface area contributed by atoms with Gasteiger partial charge in [-0.1, -0.05) is 78.0 Å². The molecule has 2 bridgehead atoms.